The summed E-state index contributed by atoms with van der Waals surface area (Å²) >= 11 is 0. The molecule has 7 atom stereocenters. The van der Waals surface area contributed by atoms with Gasteiger partial charge in [-0.3, -0.25) is 34.2 Å². The van der Waals surface area contributed by atoms with Crippen LogP contribution in [0.4, 0.5) is 0 Å². The number of guanidine groups is 1. The van der Waals surface area contributed by atoms with Gasteiger partial charge in [0.25, 0.3) is 0 Å². The van der Waals surface area contributed by atoms with Gasteiger partial charge in [0.1, 0.15) is 30.2 Å². The first kappa shape index (κ1) is 40.5. The molecule has 0 bridgehead atoms. The molecule has 1 rings (SSSR count). The Hall–Kier alpha value is -4.48. The number of carboxylic acids is 1. The van der Waals surface area contributed by atoms with E-state index in [-0.39, 0.29) is 37.2 Å². The summed E-state index contributed by atoms with van der Waals surface area (Å²) in [7, 11) is 0. The lowest BCUT2D eigenvalue weighted by Crippen LogP contribution is -2.61. The molecule has 0 spiro atoms. The normalized spacial score (nSPS) is 18.0. The maximum absolute atomic E-state index is 13.4. The molecule has 1 heterocycles. The molecule has 1 fully saturated rings. The van der Waals surface area contributed by atoms with E-state index in [1.165, 1.54) is 6.92 Å². The number of carbonyl (C=O) groups excluding carboxylic acids is 6. The topological polar surface area (TPSA) is 300 Å². The number of nitrogens with two attached hydrogens (primary N) is 2. The van der Waals surface area contributed by atoms with Crippen LogP contribution in [0.1, 0.15) is 73.1 Å². The van der Waals surface area contributed by atoms with Crippen LogP contribution in [-0.4, -0.2) is 102 Å². The molecule has 1 aliphatic rings. The number of carboxylic acid groups (broad SMARTS) is 1. The first-order chi connectivity index (χ1) is 22.0. The highest BCUT2D eigenvalue weighted by Gasteiger charge is 2.35. The lowest BCUT2D eigenvalue weighted by molar-refractivity contribution is -0.142. The average Bonchev–Trinajstić information content (AvgIpc) is 3.53. The molecule has 1 saturated heterocycles. The minimum Gasteiger partial charge on any atom is -0.480 e. The van der Waals surface area contributed by atoms with Crippen molar-refractivity contribution in [2.75, 3.05) is 13.1 Å². The fraction of sp³-hybridized carbons (Fsp3) is 0.724. The van der Waals surface area contributed by atoms with E-state index < -0.39 is 84.1 Å². The van der Waals surface area contributed by atoms with Crippen LogP contribution in [0.2, 0.25) is 0 Å². The Kier molecular flexibility index (Phi) is 17.2. The molecule has 0 radical (unpaired) electrons. The monoisotopic (exact) mass is 668 g/mol. The van der Waals surface area contributed by atoms with Crippen LogP contribution >= 0.6 is 0 Å². The molecule has 13 N–H and O–H groups in total. The molecular formula is C29H52N10O8. The standard InChI is InChI=1S/C29H52N10O8/c1-6-15(4)22(27(45)35-16(5)23(41)36-18(28(46)47)10-8-12-34-29(31)32)39-25(43)19(13-20(30)40)37-26(44)21(14(2)3)38-24(42)17-9-7-11-33-17/h14-19,21-22,33H,6-13H2,1-5H3,(H2,30,40)(H,35,45)(H,36,41)(H,37,44)(H,38,42)(H,39,43)(H,46,47)(H4,31,32,34)/t15-,16-,17-,18-,19-,21-,22-/m0/s1. The van der Waals surface area contributed by atoms with Gasteiger partial charge in [-0.15, -0.1) is 0 Å². The number of amides is 6. The van der Waals surface area contributed by atoms with Crippen LogP contribution in [0.3, 0.4) is 0 Å². The van der Waals surface area contributed by atoms with Gasteiger partial charge in [0.15, 0.2) is 5.96 Å². The zero-order valence-corrected chi connectivity index (χ0v) is 27.7. The molecule has 18 nitrogen and oxygen atoms in total. The first-order valence-corrected chi connectivity index (χ1v) is 15.8. The van der Waals surface area contributed by atoms with E-state index >= 15 is 0 Å². The number of primary amides is 1. The third-order valence-electron chi connectivity index (χ3n) is 7.81. The van der Waals surface area contributed by atoms with Gasteiger partial charge in [0.05, 0.1) is 12.5 Å². The third kappa shape index (κ3) is 14.2. The number of hydrogen-bond acceptors (Lipinski definition) is 9. The lowest BCUT2D eigenvalue weighted by Gasteiger charge is -2.29. The summed E-state index contributed by atoms with van der Waals surface area (Å²) in [6.07, 6.45) is 1.56. The second-order valence-corrected chi connectivity index (χ2v) is 12.1. The van der Waals surface area contributed by atoms with E-state index in [0.29, 0.717) is 19.4 Å². The van der Waals surface area contributed by atoms with Crippen molar-refractivity contribution in [3.63, 3.8) is 0 Å². The van der Waals surface area contributed by atoms with Crippen LogP contribution in [0.5, 0.6) is 0 Å². The molecule has 0 aromatic carbocycles. The smallest absolute Gasteiger partial charge is 0.326 e. The van der Waals surface area contributed by atoms with Gasteiger partial charge < -0.3 is 53.8 Å². The number of aliphatic carboxylic acids is 1. The molecule has 18 heteroatoms. The Morgan fingerprint density at radius 1 is 0.851 bits per heavy atom. The largest absolute Gasteiger partial charge is 0.480 e. The van der Waals surface area contributed by atoms with Crippen LogP contribution in [-0.2, 0) is 33.6 Å². The zero-order chi connectivity index (χ0) is 35.8. The summed E-state index contributed by atoms with van der Waals surface area (Å²) in [6.45, 7) is 9.10. The predicted molar refractivity (Wildman–Crippen MR) is 171 cm³/mol. The molecule has 0 saturated carbocycles. The SMILES string of the molecule is CC[C@H](C)[C@H](NC(=O)[C@H](CC(N)=O)NC(=O)[C@@H](NC(=O)[C@@H]1CCCN1)C(C)C)C(=O)N[C@@H](C)C(=O)N[C@@H](CCCNC(=N)N)C(=O)O. The van der Waals surface area contributed by atoms with Crippen molar-refractivity contribution >= 4 is 47.4 Å². The number of carbonyl (C=O) groups is 7. The van der Waals surface area contributed by atoms with E-state index in [1.807, 2.05) is 0 Å². The van der Waals surface area contributed by atoms with E-state index in [0.717, 1.165) is 6.42 Å². The molecule has 0 aliphatic carbocycles. The van der Waals surface area contributed by atoms with Crippen molar-refractivity contribution in [1.29, 1.82) is 5.41 Å². The number of rotatable bonds is 20. The highest BCUT2D eigenvalue weighted by atomic mass is 16.4. The Morgan fingerprint density at radius 2 is 1.47 bits per heavy atom. The van der Waals surface area contributed by atoms with Crippen molar-refractivity contribution in [1.82, 2.24) is 37.2 Å². The first-order valence-electron chi connectivity index (χ1n) is 15.8. The van der Waals surface area contributed by atoms with Crippen LogP contribution in [0.15, 0.2) is 0 Å². The van der Waals surface area contributed by atoms with Crippen molar-refractivity contribution < 1.29 is 38.7 Å². The Bertz CT molecular complexity index is 1140. The van der Waals surface area contributed by atoms with Gasteiger partial charge in [0.2, 0.25) is 35.4 Å². The van der Waals surface area contributed by atoms with Crippen molar-refractivity contribution in [2.24, 2.45) is 23.3 Å². The quantitative estimate of drug-likeness (QED) is 0.0355. The molecule has 0 unspecified atom stereocenters. The van der Waals surface area contributed by atoms with Crippen molar-refractivity contribution in [3.8, 4) is 0 Å². The van der Waals surface area contributed by atoms with Crippen LogP contribution in [0, 0.1) is 17.2 Å². The number of hydrogen-bond donors (Lipinski definition) is 11. The van der Waals surface area contributed by atoms with Gasteiger partial charge in [-0.1, -0.05) is 34.1 Å². The molecular weight excluding hydrogens is 616 g/mol. The van der Waals surface area contributed by atoms with Gasteiger partial charge in [-0.2, -0.15) is 0 Å². The molecule has 0 aromatic rings. The predicted octanol–water partition coefficient (Wildman–Crippen LogP) is -2.89. The van der Waals surface area contributed by atoms with Crippen molar-refractivity contribution in [3.05, 3.63) is 0 Å². The van der Waals surface area contributed by atoms with Crippen LogP contribution < -0.4 is 48.7 Å². The highest BCUT2D eigenvalue weighted by molar-refractivity contribution is 5.98. The highest BCUT2D eigenvalue weighted by Crippen LogP contribution is 2.11. The lowest BCUT2D eigenvalue weighted by atomic mass is 9.97. The van der Waals surface area contributed by atoms with E-state index in [4.69, 9.17) is 16.9 Å². The summed E-state index contributed by atoms with van der Waals surface area (Å²) in [5, 5.41) is 34.8. The maximum atomic E-state index is 13.4. The van der Waals surface area contributed by atoms with E-state index in [1.54, 1.807) is 27.7 Å². The Morgan fingerprint density at radius 3 is 1.98 bits per heavy atom. The second-order valence-electron chi connectivity index (χ2n) is 12.1. The maximum Gasteiger partial charge on any atom is 0.326 e. The summed E-state index contributed by atoms with van der Waals surface area (Å²) in [4.78, 5) is 88.9. The zero-order valence-electron chi connectivity index (χ0n) is 27.7. The average molecular weight is 669 g/mol. The van der Waals surface area contributed by atoms with Crippen molar-refractivity contribution in [2.45, 2.75) is 109 Å². The minimum atomic E-state index is -1.48. The van der Waals surface area contributed by atoms with Gasteiger partial charge in [-0.25, -0.2) is 4.79 Å². The summed E-state index contributed by atoms with van der Waals surface area (Å²) in [5.74, 6) is -6.81. The molecule has 1 aliphatic heterocycles. The summed E-state index contributed by atoms with van der Waals surface area (Å²) < 4.78 is 0. The van der Waals surface area contributed by atoms with Gasteiger partial charge >= 0.3 is 5.97 Å². The summed E-state index contributed by atoms with van der Waals surface area (Å²) in [5.41, 5.74) is 10.6. The number of nitrogens with one attached hydrogen (secondary N) is 8. The Labute approximate surface area is 274 Å². The molecule has 0 aromatic heterocycles. The van der Waals surface area contributed by atoms with Gasteiger partial charge in [-0.05, 0) is 51.0 Å². The summed E-state index contributed by atoms with van der Waals surface area (Å²) in [6, 6.07) is -6.63. The third-order valence-corrected chi connectivity index (χ3v) is 7.81. The fourth-order valence-electron chi connectivity index (χ4n) is 4.78. The van der Waals surface area contributed by atoms with Crippen LogP contribution in [0.25, 0.3) is 0 Å². The van der Waals surface area contributed by atoms with E-state index in [9.17, 15) is 38.7 Å². The van der Waals surface area contributed by atoms with E-state index in [2.05, 4.69) is 37.2 Å². The molecule has 47 heavy (non-hydrogen) atoms. The second kappa shape index (κ2) is 19.9. The molecule has 266 valence electrons. The van der Waals surface area contributed by atoms with Gasteiger partial charge in [0, 0.05) is 6.54 Å². The Balaban J connectivity index is 2.99. The molecule has 6 amide bonds. The fourth-order valence-corrected chi connectivity index (χ4v) is 4.78. The minimum absolute atomic E-state index is 0.0271.